The lowest BCUT2D eigenvalue weighted by atomic mass is 10.0. The van der Waals surface area contributed by atoms with Crippen LogP contribution in [0, 0.1) is 13.8 Å². The van der Waals surface area contributed by atoms with E-state index in [1.807, 2.05) is 12.3 Å². The van der Waals surface area contributed by atoms with E-state index in [1.54, 1.807) is 23.1 Å². The van der Waals surface area contributed by atoms with Crippen LogP contribution in [0.5, 0.6) is 0 Å². The molecule has 4 rings (SSSR count). The maximum Gasteiger partial charge on any atom is 0.233 e. The van der Waals surface area contributed by atoms with Crippen molar-refractivity contribution >= 4 is 34.7 Å². The van der Waals surface area contributed by atoms with Crippen LogP contribution < -0.4 is 4.90 Å². The summed E-state index contributed by atoms with van der Waals surface area (Å²) in [5.74, 6) is 0.756. The molecule has 0 N–H and O–H groups in total. The minimum atomic E-state index is 0.256. The molecule has 2 saturated heterocycles. The number of piperazine rings is 1. The van der Waals surface area contributed by atoms with Crippen LogP contribution in [-0.2, 0) is 4.79 Å². The average Bonchev–Trinajstić information content (AvgIpc) is 3.18. The smallest absolute Gasteiger partial charge is 0.233 e. The predicted octanol–water partition coefficient (Wildman–Crippen LogP) is 3.67. The molecule has 5 nitrogen and oxygen atoms in total. The zero-order valence-electron chi connectivity index (χ0n) is 17.3. The van der Waals surface area contributed by atoms with Crippen LogP contribution in [0.15, 0.2) is 34.0 Å². The molecular formula is C22H30N4OS2. The number of hydrogen-bond acceptors (Lipinski definition) is 6. The first-order valence-corrected chi connectivity index (χ1v) is 12.3. The van der Waals surface area contributed by atoms with Crippen molar-refractivity contribution < 1.29 is 4.79 Å². The number of thiazole rings is 1. The van der Waals surface area contributed by atoms with Crippen molar-refractivity contribution in [3.05, 3.63) is 40.9 Å². The third-order valence-corrected chi connectivity index (χ3v) is 8.08. The van der Waals surface area contributed by atoms with Crippen LogP contribution in [0.25, 0.3) is 0 Å². The van der Waals surface area contributed by atoms with Gasteiger partial charge in [-0.05, 0) is 38.3 Å². The maximum atomic E-state index is 12.7. The standard InChI is InChI=1S/C22H30N4OS2/c1-17-6-3-4-8-20(17)25-12-10-24(11-13-25)19-7-5-9-26(14-19)21(27)16-29-22-23-18(2)15-28-22/h3-4,6,8,15,19H,5,7,9-14,16H2,1-2H3/t19-/m1/s1. The number of amides is 1. The highest BCUT2D eigenvalue weighted by atomic mass is 32.2. The molecule has 156 valence electrons. The molecule has 1 amide bonds. The normalized spacial score (nSPS) is 20.8. The van der Waals surface area contributed by atoms with Crippen LogP contribution in [0.3, 0.4) is 0 Å². The summed E-state index contributed by atoms with van der Waals surface area (Å²) in [5.41, 5.74) is 3.75. The third-order valence-electron chi connectivity index (χ3n) is 5.95. The topological polar surface area (TPSA) is 39.7 Å². The largest absolute Gasteiger partial charge is 0.369 e. The lowest BCUT2D eigenvalue weighted by Crippen LogP contribution is -2.56. The summed E-state index contributed by atoms with van der Waals surface area (Å²) in [7, 11) is 0. The second-order valence-electron chi connectivity index (χ2n) is 7.99. The molecular weight excluding hydrogens is 400 g/mol. The van der Waals surface area contributed by atoms with Gasteiger partial charge in [0.2, 0.25) is 5.91 Å². The molecule has 29 heavy (non-hydrogen) atoms. The molecule has 2 aliphatic rings. The van der Waals surface area contributed by atoms with Crippen LogP contribution in [0.4, 0.5) is 5.69 Å². The first-order chi connectivity index (χ1) is 14.1. The Balaban J connectivity index is 1.27. The number of carbonyl (C=O) groups is 1. The number of aryl methyl sites for hydroxylation is 2. The lowest BCUT2D eigenvalue weighted by Gasteiger charge is -2.44. The molecule has 1 atom stereocenters. The Morgan fingerprint density at radius 3 is 2.69 bits per heavy atom. The van der Waals surface area contributed by atoms with E-state index in [0.29, 0.717) is 11.8 Å². The molecule has 0 bridgehead atoms. The zero-order valence-corrected chi connectivity index (χ0v) is 19.0. The van der Waals surface area contributed by atoms with E-state index in [9.17, 15) is 4.79 Å². The van der Waals surface area contributed by atoms with Crippen molar-refractivity contribution in [1.29, 1.82) is 0 Å². The molecule has 0 radical (unpaired) electrons. The maximum absolute atomic E-state index is 12.7. The number of aromatic nitrogens is 1. The molecule has 2 fully saturated rings. The number of nitrogens with zero attached hydrogens (tertiary/aromatic N) is 4. The van der Waals surface area contributed by atoms with Gasteiger partial charge in [-0.3, -0.25) is 9.69 Å². The monoisotopic (exact) mass is 430 g/mol. The number of hydrogen-bond donors (Lipinski definition) is 0. The highest BCUT2D eigenvalue weighted by molar-refractivity contribution is 8.01. The number of piperidine rings is 1. The SMILES string of the molecule is Cc1csc(SCC(=O)N2CCC[C@@H](N3CCN(c4ccccc4C)CC3)C2)n1. The molecule has 0 unspecified atom stereocenters. The molecule has 1 aromatic carbocycles. The van der Waals surface area contributed by atoms with Gasteiger partial charge in [0, 0.05) is 62.1 Å². The molecule has 0 saturated carbocycles. The van der Waals surface area contributed by atoms with Crippen molar-refractivity contribution in [2.75, 3.05) is 49.9 Å². The second-order valence-corrected chi connectivity index (χ2v) is 10.1. The van der Waals surface area contributed by atoms with E-state index in [2.05, 4.69) is 50.9 Å². The van der Waals surface area contributed by atoms with Gasteiger partial charge < -0.3 is 9.80 Å². The Labute approximate surface area is 182 Å². The number of benzene rings is 1. The average molecular weight is 431 g/mol. The summed E-state index contributed by atoms with van der Waals surface area (Å²) in [6.45, 7) is 10.2. The van der Waals surface area contributed by atoms with Crippen molar-refractivity contribution in [1.82, 2.24) is 14.8 Å². The van der Waals surface area contributed by atoms with Gasteiger partial charge in [-0.25, -0.2) is 4.98 Å². The predicted molar refractivity (Wildman–Crippen MR) is 122 cm³/mol. The minimum absolute atomic E-state index is 0.256. The zero-order chi connectivity index (χ0) is 20.2. The summed E-state index contributed by atoms with van der Waals surface area (Å²) in [6, 6.07) is 9.16. The first kappa shape index (κ1) is 20.7. The van der Waals surface area contributed by atoms with Crippen LogP contribution in [0.2, 0.25) is 0 Å². The summed E-state index contributed by atoms with van der Waals surface area (Å²) in [5, 5.41) is 2.04. The molecule has 0 aliphatic carbocycles. The van der Waals surface area contributed by atoms with Crippen molar-refractivity contribution in [2.45, 2.75) is 37.1 Å². The number of anilines is 1. The molecule has 2 aromatic rings. The fourth-order valence-corrected chi connectivity index (χ4v) is 6.09. The molecule has 7 heteroatoms. The summed E-state index contributed by atoms with van der Waals surface area (Å²) in [6.07, 6.45) is 2.31. The van der Waals surface area contributed by atoms with Crippen LogP contribution in [0.1, 0.15) is 24.1 Å². The van der Waals surface area contributed by atoms with Crippen molar-refractivity contribution in [2.24, 2.45) is 0 Å². The Hall–Kier alpha value is -1.57. The number of para-hydroxylation sites is 1. The van der Waals surface area contributed by atoms with Gasteiger partial charge in [-0.2, -0.15) is 0 Å². The molecule has 1 aromatic heterocycles. The first-order valence-electron chi connectivity index (χ1n) is 10.5. The quantitative estimate of drug-likeness (QED) is 0.677. The van der Waals surface area contributed by atoms with Gasteiger partial charge in [-0.15, -0.1) is 11.3 Å². The summed E-state index contributed by atoms with van der Waals surface area (Å²) in [4.78, 5) is 24.4. The van der Waals surface area contributed by atoms with E-state index in [1.165, 1.54) is 17.7 Å². The Bertz CT molecular complexity index is 832. The number of likely N-dealkylation sites (tertiary alicyclic amines) is 1. The van der Waals surface area contributed by atoms with E-state index >= 15 is 0 Å². The number of thioether (sulfide) groups is 1. The van der Waals surface area contributed by atoms with Gasteiger partial charge >= 0.3 is 0 Å². The lowest BCUT2D eigenvalue weighted by molar-refractivity contribution is -0.130. The fourth-order valence-electron chi connectivity index (χ4n) is 4.34. The van der Waals surface area contributed by atoms with Crippen molar-refractivity contribution in [3.8, 4) is 0 Å². The van der Waals surface area contributed by atoms with E-state index in [-0.39, 0.29) is 5.91 Å². The Morgan fingerprint density at radius 2 is 1.97 bits per heavy atom. The molecule has 0 spiro atoms. The summed E-state index contributed by atoms with van der Waals surface area (Å²) < 4.78 is 0.997. The van der Waals surface area contributed by atoms with E-state index in [4.69, 9.17) is 0 Å². The van der Waals surface area contributed by atoms with Gasteiger partial charge in [0.1, 0.15) is 0 Å². The van der Waals surface area contributed by atoms with E-state index in [0.717, 1.165) is 55.7 Å². The van der Waals surface area contributed by atoms with Crippen molar-refractivity contribution in [3.63, 3.8) is 0 Å². The van der Waals surface area contributed by atoms with Gasteiger partial charge in [0.15, 0.2) is 4.34 Å². The van der Waals surface area contributed by atoms with E-state index < -0.39 is 0 Å². The number of rotatable bonds is 5. The highest BCUT2D eigenvalue weighted by Crippen LogP contribution is 2.25. The molecule has 3 heterocycles. The number of carbonyl (C=O) groups excluding carboxylic acids is 1. The van der Waals surface area contributed by atoms with Crippen LogP contribution in [-0.4, -0.2) is 71.8 Å². The summed E-state index contributed by atoms with van der Waals surface area (Å²) >= 11 is 3.20. The Morgan fingerprint density at radius 1 is 1.17 bits per heavy atom. The second kappa shape index (κ2) is 9.49. The van der Waals surface area contributed by atoms with Gasteiger partial charge in [0.25, 0.3) is 0 Å². The fraction of sp³-hybridized carbons (Fsp3) is 0.545. The highest BCUT2D eigenvalue weighted by Gasteiger charge is 2.30. The molecule has 2 aliphatic heterocycles. The Kier molecular flexibility index (Phi) is 6.77. The van der Waals surface area contributed by atoms with Gasteiger partial charge in [-0.1, -0.05) is 30.0 Å². The van der Waals surface area contributed by atoms with Crippen LogP contribution >= 0.6 is 23.1 Å². The van der Waals surface area contributed by atoms with Gasteiger partial charge in [0.05, 0.1) is 5.75 Å². The third kappa shape index (κ3) is 5.13. The minimum Gasteiger partial charge on any atom is -0.369 e.